The summed E-state index contributed by atoms with van der Waals surface area (Å²) in [6.07, 6.45) is 8.40. The number of nitrogens with two attached hydrogens (primary N) is 1. The van der Waals surface area contributed by atoms with E-state index in [1.165, 1.54) is 19.3 Å². The van der Waals surface area contributed by atoms with Gasteiger partial charge >= 0.3 is 0 Å². The molecule has 0 radical (unpaired) electrons. The molecule has 3 aliphatic carbocycles. The van der Waals surface area contributed by atoms with Crippen molar-refractivity contribution in [2.45, 2.75) is 19.3 Å². The number of hydrogen-bond donors (Lipinski definition) is 1. The summed E-state index contributed by atoms with van der Waals surface area (Å²) in [7, 11) is 0. The highest BCUT2D eigenvalue weighted by molar-refractivity contribution is 5.13. The van der Waals surface area contributed by atoms with Crippen LogP contribution in [-0.4, -0.2) is 11.8 Å². The van der Waals surface area contributed by atoms with Gasteiger partial charge in [0.05, 0.1) is 0 Å². The van der Waals surface area contributed by atoms with Crippen LogP contribution < -0.4 is 5.90 Å². The summed E-state index contributed by atoms with van der Waals surface area (Å²) < 4.78 is 0. The first-order valence-corrected chi connectivity index (χ1v) is 5.77. The van der Waals surface area contributed by atoms with Crippen LogP contribution in [0.25, 0.3) is 0 Å². The van der Waals surface area contributed by atoms with Gasteiger partial charge in [0.2, 0.25) is 0 Å². The van der Waals surface area contributed by atoms with Crippen LogP contribution in [0.2, 0.25) is 0 Å². The van der Waals surface area contributed by atoms with E-state index in [0.29, 0.717) is 17.7 Å². The van der Waals surface area contributed by atoms with Crippen molar-refractivity contribution >= 4 is 0 Å². The fourth-order valence-corrected chi connectivity index (χ4v) is 4.14. The van der Waals surface area contributed by atoms with Crippen molar-refractivity contribution in [3.63, 3.8) is 0 Å². The van der Waals surface area contributed by atoms with Crippen molar-refractivity contribution in [2.24, 2.45) is 35.5 Å². The van der Waals surface area contributed by atoms with Crippen LogP contribution in [0.4, 0.5) is 0 Å². The predicted molar refractivity (Wildman–Crippen MR) is 55.8 cm³/mol. The van der Waals surface area contributed by atoms with E-state index in [2.05, 4.69) is 17.1 Å². The lowest BCUT2D eigenvalue weighted by molar-refractivity contribution is -0.137. The molecule has 5 atom stereocenters. The largest absolute Gasteiger partial charge is 0.761 e. The van der Waals surface area contributed by atoms with Gasteiger partial charge in [0.25, 0.3) is 0 Å². The maximum absolute atomic E-state index is 11.1. The Labute approximate surface area is 89.6 Å². The van der Waals surface area contributed by atoms with Crippen molar-refractivity contribution in [2.75, 3.05) is 6.54 Å². The van der Waals surface area contributed by atoms with Gasteiger partial charge in [0.15, 0.2) is 0 Å². The minimum absolute atomic E-state index is 0.445. The summed E-state index contributed by atoms with van der Waals surface area (Å²) in [4.78, 5) is 4.19. The Hall–Kier alpha value is -0.420. The van der Waals surface area contributed by atoms with Crippen molar-refractivity contribution < 1.29 is 4.94 Å². The molecule has 0 aromatic heterocycles. The molecular weight excluding hydrogens is 192 g/mol. The van der Waals surface area contributed by atoms with Gasteiger partial charge in [-0.05, 0) is 48.9 Å². The van der Waals surface area contributed by atoms with Crippen LogP contribution in [0.5, 0.6) is 0 Å². The number of nitrogens with zero attached hydrogens (tertiary/aromatic N) is 1. The summed E-state index contributed by atoms with van der Waals surface area (Å²) in [6, 6.07) is 0. The molecule has 4 heteroatoms. The fraction of sp³-hybridized carbons (Fsp3) is 0.818. The highest BCUT2D eigenvalue weighted by Gasteiger charge is 2.52. The van der Waals surface area contributed by atoms with Crippen molar-refractivity contribution in [1.29, 1.82) is 0 Å². The van der Waals surface area contributed by atoms with Crippen molar-refractivity contribution in [3.05, 3.63) is 17.4 Å². The standard InChI is InChI=1S/C11H17N2O2/c12-15-13(14)6-8-4-7-5-11(8)10-3-1-2-9(7)10/h1-2,7-11H,3-6,12H2/q-1. The minimum atomic E-state index is 0.445. The van der Waals surface area contributed by atoms with Crippen molar-refractivity contribution in [3.8, 4) is 0 Å². The van der Waals surface area contributed by atoms with E-state index in [9.17, 15) is 5.21 Å². The van der Waals surface area contributed by atoms with Crippen LogP contribution in [0.1, 0.15) is 19.3 Å². The molecule has 2 bridgehead atoms. The number of fused-ring (bicyclic) bond motifs is 5. The normalized spacial score (nSPS) is 46.7. The Morgan fingerprint density at radius 1 is 1.40 bits per heavy atom. The molecule has 3 aliphatic rings. The molecule has 0 aliphatic heterocycles. The lowest BCUT2D eigenvalue weighted by atomic mass is 9.75. The molecule has 2 N–H and O–H groups in total. The highest BCUT2D eigenvalue weighted by atomic mass is 16.9. The Morgan fingerprint density at radius 2 is 2.27 bits per heavy atom. The average molecular weight is 209 g/mol. The Balaban J connectivity index is 1.67. The third kappa shape index (κ3) is 1.44. The lowest BCUT2D eigenvalue weighted by Crippen LogP contribution is -2.34. The zero-order valence-corrected chi connectivity index (χ0v) is 8.71. The zero-order valence-electron chi connectivity index (χ0n) is 8.71. The van der Waals surface area contributed by atoms with E-state index >= 15 is 0 Å². The molecular formula is C11H17N2O2-. The van der Waals surface area contributed by atoms with E-state index in [4.69, 9.17) is 5.90 Å². The summed E-state index contributed by atoms with van der Waals surface area (Å²) in [5, 5.41) is 11.6. The van der Waals surface area contributed by atoms with Gasteiger partial charge in [0.1, 0.15) is 0 Å². The van der Waals surface area contributed by atoms with Gasteiger partial charge in [-0.3, -0.25) is 0 Å². The Morgan fingerprint density at radius 3 is 3.07 bits per heavy atom. The van der Waals surface area contributed by atoms with Crippen LogP contribution >= 0.6 is 0 Å². The zero-order chi connectivity index (χ0) is 10.4. The lowest BCUT2D eigenvalue weighted by Gasteiger charge is -2.35. The van der Waals surface area contributed by atoms with E-state index in [-0.39, 0.29) is 0 Å². The topological polar surface area (TPSA) is 61.5 Å². The van der Waals surface area contributed by atoms with Gasteiger partial charge in [0, 0.05) is 6.54 Å². The number of rotatable bonds is 3. The molecule has 0 heterocycles. The third-order valence-corrected chi connectivity index (χ3v) is 4.64. The van der Waals surface area contributed by atoms with Crippen LogP contribution in [0.3, 0.4) is 0 Å². The van der Waals surface area contributed by atoms with Crippen molar-refractivity contribution in [1.82, 2.24) is 5.23 Å². The average Bonchev–Trinajstić information content (AvgIpc) is 2.87. The Bertz CT molecular complexity index is 282. The third-order valence-electron chi connectivity index (χ3n) is 4.64. The maximum atomic E-state index is 11.1. The van der Waals surface area contributed by atoms with Crippen LogP contribution in [0.15, 0.2) is 12.2 Å². The molecule has 15 heavy (non-hydrogen) atoms. The molecule has 0 amide bonds. The molecule has 0 spiro atoms. The second-order valence-electron chi connectivity index (χ2n) is 5.18. The SMILES string of the molecule is NON([O-])CC1CC2CC1C1CC=CC21. The van der Waals surface area contributed by atoms with E-state index in [0.717, 1.165) is 23.7 Å². The molecule has 0 saturated heterocycles. The number of hydrogen-bond acceptors (Lipinski definition) is 4. The predicted octanol–water partition coefficient (Wildman–Crippen LogP) is 1.44. The number of allylic oxidation sites excluding steroid dienone is 2. The second-order valence-corrected chi connectivity index (χ2v) is 5.18. The summed E-state index contributed by atoms with van der Waals surface area (Å²) in [5.74, 6) is 8.51. The fourth-order valence-electron chi connectivity index (χ4n) is 4.14. The van der Waals surface area contributed by atoms with Crippen LogP contribution in [0, 0.1) is 34.8 Å². The molecule has 2 saturated carbocycles. The smallest absolute Gasteiger partial charge is 0.0156 e. The number of hydroxylamine groups is 2. The molecule has 3 rings (SSSR count). The molecule has 4 nitrogen and oxygen atoms in total. The van der Waals surface area contributed by atoms with E-state index in [1.807, 2.05) is 0 Å². The first-order chi connectivity index (χ1) is 7.29. The Kier molecular flexibility index (Phi) is 2.32. The minimum Gasteiger partial charge on any atom is -0.761 e. The summed E-state index contributed by atoms with van der Waals surface area (Å²) in [6.45, 7) is 0.445. The van der Waals surface area contributed by atoms with Gasteiger partial charge < -0.3 is 5.21 Å². The molecule has 5 unspecified atom stereocenters. The van der Waals surface area contributed by atoms with Gasteiger partial charge in [-0.1, -0.05) is 12.2 Å². The van der Waals surface area contributed by atoms with E-state index in [1.54, 1.807) is 0 Å². The first kappa shape index (κ1) is 9.78. The monoisotopic (exact) mass is 209 g/mol. The summed E-state index contributed by atoms with van der Waals surface area (Å²) in [5.41, 5.74) is 0. The second kappa shape index (κ2) is 3.56. The highest BCUT2D eigenvalue weighted by Crippen LogP contribution is 2.58. The van der Waals surface area contributed by atoms with Gasteiger partial charge in [-0.2, -0.15) is 5.90 Å². The van der Waals surface area contributed by atoms with Crippen LogP contribution in [-0.2, 0) is 4.94 Å². The molecule has 84 valence electrons. The maximum Gasteiger partial charge on any atom is 0.0156 e. The van der Waals surface area contributed by atoms with Gasteiger partial charge in [-0.15, -0.1) is 0 Å². The molecule has 2 fully saturated rings. The summed E-state index contributed by atoms with van der Waals surface area (Å²) >= 11 is 0. The molecule has 0 aromatic carbocycles. The quantitative estimate of drug-likeness (QED) is 0.564. The van der Waals surface area contributed by atoms with Gasteiger partial charge in [-0.25, -0.2) is 10.2 Å². The molecule has 0 aromatic rings. The van der Waals surface area contributed by atoms with E-state index < -0.39 is 0 Å². The first-order valence-electron chi connectivity index (χ1n) is 5.77.